The van der Waals surface area contributed by atoms with Crippen LogP contribution in [0.15, 0.2) is 18.2 Å². The average Bonchev–Trinajstić information content (AvgIpc) is 2.65. The van der Waals surface area contributed by atoms with Gasteiger partial charge in [0.2, 0.25) is 0 Å². The van der Waals surface area contributed by atoms with Crippen molar-refractivity contribution in [3.63, 3.8) is 0 Å². The Balaban J connectivity index is 2.68. The molecule has 1 aromatic rings. The number of nitro groups is 1. The molecule has 8 heteroatoms. The molecule has 0 heterocycles. The number of nitrogens with zero attached hydrogens (tertiary/aromatic N) is 1. The molecule has 1 rings (SSSR count). The highest BCUT2D eigenvalue weighted by Gasteiger charge is 2.18. The number of rotatable bonds is 13. The van der Waals surface area contributed by atoms with Crippen molar-refractivity contribution < 1.29 is 24.0 Å². The SMILES string of the molecule is CCCCCCCCOc1ccc([N+](=O)[O-])cc1C(=O)NCC(=O)OCC. The molecule has 150 valence electrons. The maximum atomic E-state index is 12.3. The Morgan fingerprint density at radius 2 is 1.81 bits per heavy atom. The number of esters is 1. The molecule has 8 nitrogen and oxygen atoms in total. The van der Waals surface area contributed by atoms with Gasteiger partial charge in [-0.3, -0.25) is 19.7 Å². The third-order valence-electron chi connectivity index (χ3n) is 3.87. The zero-order chi connectivity index (χ0) is 20.1. The smallest absolute Gasteiger partial charge is 0.325 e. The predicted octanol–water partition coefficient (Wildman–Crippen LogP) is 3.63. The van der Waals surface area contributed by atoms with Gasteiger partial charge in [0.05, 0.1) is 23.7 Å². The normalized spacial score (nSPS) is 10.3. The van der Waals surface area contributed by atoms with E-state index >= 15 is 0 Å². The third-order valence-corrected chi connectivity index (χ3v) is 3.87. The lowest BCUT2D eigenvalue weighted by molar-refractivity contribution is -0.384. The van der Waals surface area contributed by atoms with Crippen LogP contribution in [0.2, 0.25) is 0 Å². The molecule has 0 saturated heterocycles. The molecule has 0 radical (unpaired) electrons. The Bertz CT molecular complexity index is 633. The highest BCUT2D eigenvalue weighted by molar-refractivity contribution is 5.99. The van der Waals surface area contributed by atoms with Gasteiger partial charge in [-0.15, -0.1) is 0 Å². The number of benzene rings is 1. The molecule has 1 aromatic carbocycles. The van der Waals surface area contributed by atoms with Gasteiger partial charge in [0, 0.05) is 12.1 Å². The fraction of sp³-hybridized carbons (Fsp3) is 0.579. The minimum absolute atomic E-state index is 0.0273. The van der Waals surface area contributed by atoms with Gasteiger partial charge in [-0.1, -0.05) is 39.0 Å². The number of unbranched alkanes of at least 4 members (excludes halogenated alkanes) is 5. The van der Waals surface area contributed by atoms with Gasteiger partial charge in [0.15, 0.2) is 0 Å². The molecule has 0 atom stereocenters. The van der Waals surface area contributed by atoms with E-state index in [2.05, 4.69) is 12.2 Å². The van der Waals surface area contributed by atoms with E-state index in [1.54, 1.807) is 6.92 Å². The van der Waals surface area contributed by atoms with E-state index in [-0.39, 0.29) is 30.2 Å². The number of carbonyl (C=O) groups is 2. The van der Waals surface area contributed by atoms with Gasteiger partial charge < -0.3 is 14.8 Å². The van der Waals surface area contributed by atoms with Crippen LogP contribution in [0.4, 0.5) is 5.69 Å². The Labute approximate surface area is 159 Å². The molecule has 0 saturated carbocycles. The van der Waals surface area contributed by atoms with Crippen molar-refractivity contribution in [1.29, 1.82) is 0 Å². The second-order valence-corrected chi connectivity index (χ2v) is 6.04. The lowest BCUT2D eigenvalue weighted by Gasteiger charge is -2.12. The zero-order valence-corrected chi connectivity index (χ0v) is 16.0. The van der Waals surface area contributed by atoms with E-state index in [0.717, 1.165) is 25.3 Å². The van der Waals surface area contributed by atoms with E-state index in [9.17, 15) is 19.7 Å². The summed E-state index contributed by atoms with van der Waals surface area (Å²) in [5.41, 5.74) is -0.192. The first-order chi connectivity index (χ1) is 13.0. The Morgan fingerprint density at radius 3 is 2.48 bits per heavy atom. The fourth-order valence-electron chi connectivity index (χ4n) is 2.46. The van der Waals surface area contributed by atoms with Crippen LogP contribution >= 0.6 is 0 Å². The van der Waals surface area contributed by atoms with Gasteiger partial charge in [0.1, 0.15) is 12.3 Å². The highest BCUT2D eigenvalue weighted by atomic mass is 16.6. The first kappa shape index (κ1) is 22.4. The Hall–Kier alpha value is -2.64. The van der Waals surface area contributed by atoms with E-state index in [1.165, 1.54) is 31.4 Å². The lowest BCUT2D eigenvalue weighted by Crippen LogP contribution is -2.31. The molecule has 0 aromatic heterocycles. The molecule has 0 unspecified atom stereocenters. The van der Waals surface area contributed by atoms with Crippen molar-refractivity contribution in [3.8, 4) is 5.75 Å². The number of non-ortho nitro benzene ring substituents is 1. The summed E-state index contributed by atoms with van der Waals surface area (Å²) >= 11 is 0. The largest absolute Gasteiger partial charge is 0.493 e. The molecular formula is C19H28N2O6. The summed E-state index contributed by atoms with van der Waals surface area (Å²) in [7, 11) is 0. The van der Waals surface area contributed by atoms with Gasteiger partial charge in [-0.25, -0.2) is 0 Å². The van der Waals surface area contributed by atoms with Crippen LogP contribution < -0.4 is 10.1 Å². The summed E-state index contributed by atoms with van der Waals surface area (Å²) in [6, 6.07) is 3.85. The number of nitro benzene ring substituents is 1. The Morgan fingerprint density at radius 1 is 1.11 bits per heavy atom. The summed E-state index contributed by atoms with van der Waals surface area (Å²) < 4.78 is 10.4. The second kappa shape index (κ2) is 12.7. The van der Waals surface area contributed by atoms with Gasteiger partial charge in [-0.05, 0) is 19.4 Å². The summed E-state index contributed by atoms with van der Waals surface area (Å²) in [6.07, 6.45) is 6.58. The lowest BCUT2D eigenvalue weighted by atomic mass is 10.1. The molecule has 0 spiro atoms. The van der Waals surface area contributed by atoms with Gasteiger partial charge in [0.25, 0.3) is 11.6 Å². The van der Waals surface area contributed by atoms with Crippen LogP contribution in [-0.2, 0) is 9.53 Å². The maximum absolute atomic E-state index is 12.3. The van der Waals surface area contributed by atoms with E-state index < -0.39 is 16.8 Å². The minimum atomic E-state index is -0.621. The van der Waals surface area contributed by atoms with Gasteiger partial charge in [-0.2, -0.15) is 0 Å². The second-order valence-electron chi connectivity index (χ2n) is 6.04. The molecule has 0 aliphatic carbocycles. The molecule has 0 bridgehead atoms. The summed E-state index contributed by atoms with van der Waals surface area (Å²) in [6.45, 7) is 4.13. The molecule has 0 aliphatic rings. The molecule has 27 heavy (non-hydrogen) atoms. The standard InChI is InChI=1S/C19H28N2O6/c1-3-5-6-7-8-9-12-27-17-11-10-15(21(24)25)13-16(17)19(23)20-14-18(22)26-4-2/h10-11,13H,3-9,12,14H2,1-2H3,(H,20,23). The van der Waals surface area contributed by atoms with Crippen molar-refractivity contribution in [2.24, 2.45) is 0 Å². The fourth-order valence-corrected chi connectivity index (χ4v) is 2.46. The monoisotopic (exact) mass is 380 g/mol. The number of amides is 1. The zero-order valence-electron chi connectivity index (χ0n) is 16.0. The predicted molar refractivity (Wildman–Crippen MR) is 101 cm³/mol. The number of nitrogens with one attached hydrogen (secondary N) is 1. The highest BCUT2D eigenvalue weighted by Crippen LogP contribution is 2.24. The van der Waals surface area contributed by atoms with Crippen molar-refractivity contribution in [2.75, 3.05) is 19.8 Å². The van der Waals surface area contributed by atoms with Crippen LogP contribution in [0, 0.1) is 10.1 Å². The third kappa shape index (κ3) is 8.52. The number of hydrogen-bond acceptors (Lipinski definition) is 6. The summed E-state index contributed by atoms with van der Waals surface area (Å²) in [5, 5.41) is 13.4. The number of hydrogen-bond donors (Lipinski definition) is 1. The molecule has 1 N–H and O–H groups in total. The van der Waals surface area contributed by atoms with Crippen molar-refractivity contribution >= 4 is 17.6 Å². The molecule has 0 aliphatic heterocycles. The minimum Gasteiger partial charge on any atom is -0.493 e. The van der Waals surface area contributed by atoms with Crippen LogP contribution in [0.25, 0.3) is 0 Å². The van der Waals surface area contributed by atoms with Crippen molar-refractivity contribution in [1.82, 2.24) is 5.32 Å². The quantitative estimate of drug-likeness (QED) is 0.242. The number of ether oxygens (including phenoxy) is 2. The first-order valence-corrected chi connectivity index (χ1v) is 9.34. The van der Waals surface area contributed by atoms with Crippen LogP contribution in [0.5, 0.6) is 5.75 Å². The van der Waals surface area contributed by atoms with Crippen LogP contribution in [-0.4, -0.2) is 36.6 Å². The van der Waals surface area contributed by atoms with E-state index in [1.807, 2.05) is 0 Å². The van der Waals surface area contributed by atoms with Crippen LogP contribution in [0.1, 0.15) is 62.7 Å². The average molecular weight is 380 g/mol. The topological polar surface area (TPSA) is 108 Å². The Kier molecular flexibility index (Phi) is 10.5. The number of carbonyl (C=O) groups excluding carboxylic acids is 2. The maximum Gasteiger partial charge on any atom is 0.325 e. The van der Waals surface area contributed by atoms with Crippen LogP contribution in [0.3, 0.4) is 0 Å². The van der Waals surface area contributed by atoms with E-state index in [4.69, 9.17) is 9.47 Å². The first-order valence-electron chi connectivity index (χ1n) is 9.34. The van der Waals surface area contributed by atoms with Crippen molar-refractivity contribution in [2.45, 2.75) is 52.4 Å². The van der Waals surface area contributed by atoms with Gasteiger partial charge >= 0.3 is 5.97 Å². The van der Waals surface area contributed by atoms with Crippen molar-refractivity contribution in [3.05, 3.63) is 33.9 Å². The molecule has 0 fully saturated rings. The molecular weight excluding hydrogens is 352 g/mol. The van der Waals surface area contributed by atoms with E-state index in [0.29, 0.717) is 6.61 Å². The molecule has 1 amide bonds. The summed E-state index contributed by atoms with van der Waals surface area (Å²) in [4.78, 5) is 34.1. The summed E-state index contributed by atoms with van der Waals surface area (Å²) in [5.74, 6) is -0.939.